The normalized spacial score (nSPS) is 13.2. The highest BCUT2D eigenvalue weighted by molar-refractivity contribution is 5.39. The van der Waals surface area contributed by atoms with Crippen LogP contribution in [0.2, 0.25) is 0 Å². The highest BCUT2D eigenvalue weighted by Crippen LogP contribution is 2.33. The average Bonchev–Trinajstić information content (AvgIpc) is 1.98. The molecule has 0 bridgehead atoms. The molecule has 0 aliphatic carbocycles. The number of carbonyl (C=O) groups excluding carboxylic acids is 1. The minimum atomic E-state index is -4.53. The molecule has 0 aromatic heterocycles. The highest BCUT2D eigenvalue weighted by atomic mass is 19.4. The number of alkyl halides is 3. The third-order valence-electron chi connectivity index (χ3n) is 1.33. The molecule has 0 N–H and O–H groups in total. The Bertz CT molecular complexity index is 208. The van der Waals surface area contributed by atoms with Crippen molar-refractivity contribution < 1.29 is 22.7 Å². The van der Waals surface area contributed by atoms with Crippen LogP contribution in [0.5, 0.6) is 0 Å². The van der Waals surface area contributed by atoms with Gasteiger partial charge >= 0.3 is 6.18 Å². The fraction of sp³-hybridized carbons (Fsp3) is 0.375. The largest absolute Gasteiger partial charge is 0.433 e. The molecule has 0 heterocycles. The average molecular weight is 193 g/mol. The Morgan fingerprint density at radius 1 is 1.62 bits per heavy atom. The van der Waals surface area contributed by atoms with Crippen LogP contribution in [0.4, 0.5) is 13.2 Å². The second-order valence-electron chi connectivity index (χ2n) is 2.24. The van der Waals surface area contributed by atoms with Gasteiger partial charge in [-0.2, -0.15) is 13.2 Å². The maximum atomic E-state index is 12.1. The van der Waals surface area contributed by atoms with Crippen LogP contribution < -0.4 is 0 Å². The molecule has 0 spiro atoms. The van der Waals surface area contributed by atoms with E-state index in [2.05, 4.69) is 11.3 Å². The number of allylic oxidation sites excluding steroid dienone is 2. The van der Waals surface area contributed by atoms with Gasteiger partial charge in [-0.05, 0) is 13.0 Å². The summed E-state index contributed by atoms with van der Waals surface area (Å²) >= 11 is 0. The number of ether oxygens (including phenoxy) is 1. The van der Waals surface area contributed by atoms with Gasteiger partial charge in [-0.25, -0.2) is 0 Å². The van der Waals surface area contributed by atoms with Crippen molar-refractivity contribution in [1.29, 1.82) is 0 Å². The molecule has 0 unspecified atom stereocenters. The first kappa shape index (κ1) is 11.7. The van der Waals surface area contributed by atoms with Gasteiger partial charge in [0, 0.05) is 0 Å². The predicted octanol–water partition coefficient (Wildman–Crippen LogP) is 2.23. The predicted molar refractivity (Wildman–Crippen MR) is 39.3 cm³/mol. The van der Waals surface area contributed by atoms with Gasteiger partial charge in [0.25, 0.3) is 6.47 Å². The van der Waals surface area contributed by atoms with Crippen molar-refractivity contribution in [1.82, 2.24) is 0 Å². The molecule has 0 aliphatic heterocycles. The van der Waals surface area contributed by atoms with E-state index in [9.17, 15) is 18.0 Å². The molecular formula is C8H8F3O2. The molecular weight excluding hydrogens is 185 g/mol. The molecule has 0 aromatic rings. The number of hydrogen-bond donors (Lipinski definition) is 0. The Morgan fingerprint density at radius 3 is 2.46 bits per heavy atom. The third-order valence-corrected chi connectivity index (χ3v) is 1.33. The van der Waals surface area contributed by atoms with Crippen molar-refractivity contribution >= 4 is 6.47 Å². The third kappa shape index (κ3) is 3.78. The van der Waals surface area contributed by atoms with Crippen LogP contribution in [0.15, 0.2) is 18.4 Å². The minimum absolute atomic E-state index is 0.142. The molecule has 5 heteroatoms. The van der Waals surface area contributed by atoms with Crippen molar-refractivity contribution in [3.8, 4) is 0 Å². The van der Waals surface area contributed by atoms with Gasteiger partial charge in [0.1, 0.15) is 11.7 Å². The molecule has 2 nitrogen and oxygen atoms in total. The standard InChI is InChI=1S/C8H8F3O2/c1-3-4-7(8(9,10)11)6(2)13-5-12/h2-3,5,7H,1,4H2/t7-/m1/s1. The summed E-state index contributed by atoms with van der Waals surface area (Å²) < 4.78 is 40.3. The van der Waals surface area contributed by atoms with E-state index in [4.69, 9.17) is 6.58 Å². The van der Waals surface area contributed by atoms with Crippen LogP contribution in [0.3, 0.4) is 0 Å². The first-order valence-corrected chi connectivity index (χ1v) is 3.33. The van der Waals surface area contributed by atoms with E-state index < -0.39 is 24.3 Å². The van der Waals surface area contributed by atoms with E-state index in [1.807, 2.05) is 0 Å². The van der Waals surface area contributed by atoms with E-state index >= 15 is 0 Å². The van der Waals surface area contributed by atoms with E-state index in [1.165, 1.54) is 0 Å². The van der Waals surface area contributed by atoms with Crippen LogP contribution in [0, 0.1) is 12.5 Å². The Hall–Kier alpha value is -1.26. The number of carbonyl (C=O) groups is 1. The Labute approximate surface area is 73.7 Å². The van der Waals surface area contributed by atoms with Crippen molar-refractivity contribution in [3.05, 3.63) is 25.0 Å². The van der Waals surface area contributed by atoms with Gasteiger partial charge in [0.15, 0.2) is 0 Å². The summed E-state index contributed by atoms with van der Waals surface area (Å²) in [5, 5.41) is 0. The summed E-state index contributed by atoms with van der Waals surface area (Å²) in [7, 11) is 0. The summed E-state index contributed by atoms with van der Waals surface area (Å²) in [5.74, 6) is -2.84. The van der Waals surface area contributed by atoms with E-state index in [0.717, 1.165) is 6.08 Å². The first-order chi connectivity index (χ1) is 5.93. The number of hydrogen-bond acceptors (Lipinski definition) is 2. The molecule has 1 radical (unpaired) electrons. The Morgan fingerprint density at radius 2 is 2.15 bits per heavy atom. The number of halogens is 3. The zero-order chi connectivity index (χ0) is 10.5. The monoisotopic (exact) mass is 193 g/mol. The molecule has 0 saturated carbocycles. The maximum Gasteiger partial charge on any atom is 0.399 e. The molecule has 1 atom stereocenters. The van der Waals surface area contributed by atoms with Gasteiger partial charge in [0.2, 0.25) is 0 Å². The summed E-state index contributed by atoms with van der Waals surface area (Å²) in [5.41, 5.74) is 0. The van der Waals surface area contributed by atoms with E-state index in [1.54, 1.807) is 0 Å². The highest BCUT2D eigenvalue weighted by Gasteiger charge is 2.41. The van der Waals surface area contributed by atoms with Crippen LogP contribution >= 0.6 is 0 Å². The molecule has 0 amide bonds. The second-order valence-corrected chi connectivity index (χ2v) is 2.24. The van der Waals surface area contributed by atoms with Crippen molar-refractivity contribution in [2.24, 2.45) is 5.92 Å². The number of rotatable bonds is 5. The van der Waals surface area contributed by atoms with Gasteiger partial charge in [-0.15, -0.1) is 6.58 Å². The van der Waals surface area contributed by atoms with Gasteiger partial charge in [-0.1, -0.05) is 6.08 Å². The topological polar surface area (TPSA) is 26.3 Å². The quantitative estimate of drug-likeness (QED) is 0.380. The molecule has 0 saturated heterocycles. The molecule has 0 aliphatic rings. The lowest BCUT2D eigenvalue weighted by Gasteiger charge is -2.18. The summed E-state index contributed by atoms with van der Waals surface area (Å²) in [4.78, 5) is 9.73. The van der Waals surface area contributed by atoms with E-state index in [-0.39, 0.29) is 6.47 Å². The lowest BCUT2D eigenvalue weighted by Crippen LogP contribution is -2.25. The zero-order valence-corrected chi connectivity index (χ0v) is 6.67. The van der Waals surface area contributed by atoms with Crippen LogP contribution in [0.25, 0.3) is 0 Å². The van der Waals surface area contributed by atoms with Gasteiger partial charge in [-0.3, -0.25) is 4.79 Å². The molecule has 13 heavy (non-hydrogen) atoms. The molecule has 0 aromatic carbocycles. The summed E-state index contributed by atoms with van der Waals surface area (Å²) in [6.07, 6.45) is -3.89. The zero-order valence-electron chi connectivity index (χ0n) is 6.67. The molecule has 73 valence electrons. The second kappa shape index (κ2) is 4.69. The Balaban J connectivity index is 4.49. The fourth-order valence-corrected chi connectivity index (χ4v) is 0.715. The minimum Gasteiger partial charge on any atom is -0.433 e. The first-order valence-electron chi connectivity index (χ1n) is 3.33. The van der Waals surface area contributed by atoms with Crippen LogP contribution in [-0.2, 0) is 9.53 Å². The van der Waals surface area contributed by atoms with Crippen LogP contribution in [0.1, 0.15) is 6.42 Å². The van der Waals surface area contributed by atoms with Crippen molar-refractivity contribution in [2.75, 3.05) is 0 Å². The van der Waals surface area contributed by atoms with Gasteiger partial charge in [0.05, 0.1) is 0 Å². The molecule has 0 fully saturated rings. The maximum absolute atomic E-state index is 12.1. The Kier molecular flexibility index (Phi) is 4.23. The molecule has 0 rings (SSSR count). The van der Waals surface area contributed by atoms with Crippen molar-refractivity contribution in [2.45, 2.75) is 12.6 Å². The smallest absolute Gasteiger partial charge is 0.399 e. The fourth-order valence-electron chi connectivity index (χ4n) is 0.715. The summed E-state index contributed by atoms with van der Waals surface area (Å²) in [6, 6.07) is 0. The van der Waals surface area contributed by atoms with Crippen molar-refractivity contribution in [3.63, 3.8) is 0 Å². The van der Waals surface area contributed by atoms with E-state index in [0.29, 0.717) is 0 Å². The lowest BCUT2D eigenvalue weighted by atomic mass is 10.0. The summed E-state index contributed by atoms with van der Waals surface area (Å²) in [6.45, 7) is 7.90. The van der Waals surface area contributed by atoms with Gasteiger partial charge < -0.3 is 4.74 Å². The van der Waals surface area contributed by atoms with Crippen LogP contribution in [-0.4, -0.2) is 12.6 Å². The SMILES string of the molecule is [CH]=C(OC=O)[C@@H](CC=C)C(F)(F)F. The lowest BCUT2D eigenvalue weighted by molar-refractivity contribution is -0.173.